The fraction of sp³-hybridized carbons (Fsp3) is 0.316. The first-order valence-corrected chi connectivity index (χ1v) is 9.58. The van der Waals surface area contributed by atoms with Crippen molar-refractivity contribution in [2.24, 2.45) is 7.05 Å². The van der Waals surface area contributed by atoms with Gasteiger partial charge in [-0.2, -0.15) is 5.10 Å². The molecule has 0 radical (unpaired) electrons. The Morgan fingerprint density at radius 2 is 2.14 bits per heavy atom. The van der Waals surface area contributed by atoms with Crippen LogP contribution >= 0.6 is 11.3 Å². The maximum Gasteiger partial charge on any atom is 0.312 e. The molecule has 8 nitrogen and oxygen atoms in total. The Bertz CT molecular complexity index is 996. The number of amides is 1. The van der Waals surface area contributed by atoms with E-state index in [0.717, 1.165) is 16.3 Å². The van der Waals surface area contributed by atoms with E-state index in [2.05, 4.69) is 20.4 Å². The molecule has 1 atom stereocenters. The molecule has 0 unspecified atom stereocenters. The third-order valence-corrected chi connectivity index (χ3v) is 5.16. The van der Waals surface area contributed by atoms with Gasteiger partial charge in [0.25, 0.3) is 5.91 Å². The minimum Gasteiger partial charge on any atom is -0.452 e. The molecule has 0 bridgehead atoms. The van der Waals surface area contributed by atoms with Gasteiger partial charge in [-0.1, -0.05) is 0 Å². The van der Waals surface area contributed by atoms with Gasteiger partial charge in [0.2, 0.25) is 0 Å². The molecule has 28 heavy (non-hydrogen) atoms. The molecule has 0 fully saturated rings. The zero-order valence-corrected chi connectivity index (χ0v) is 16.9. The number of ether oxygens (including phenoxy) is 1. The van der Waals surface area contributed by atoms with Crippen molar-refractivity contribution in [1.82, 2.24) is 19.7 Å². The topological polar surface area (TPSA) is 99.0 Å². The summed E-state index contributed by atoms with van der Waals surface area (Å²) in [5.41, 5.74) is 3.66. The van der Waals surface area contributed by atoms with Crippen molar-refractivity contribution in [1.29, 1.82) is 0 Å². The van der Waals surface area contributed by atoms with Crippen LogP contribution in [0.15, 0.2) is 29.9 Å². The molecule has 1 N–H and O–H groups in total. The highest BCUT2D eigenvalue weighted by Crippen LogP contribution is 2.23. The summed E-state index contributed by atoms with van der Waals surface area (Å²) in [6.45, 7) is 5.20. The lowest BCUT2D eigenvalue weighted by molar-refractivity contribution is -0.152. The van der Waals surface area contributed by atoms with Gasteiger partial charge in [-0.05, 0) is 32.9 Å². The number of hydrogen-bond acceptors (Lipinski definition) is 7. The minimum absolute atomic E-state index is 0.000664. The predicted molar refractivity (Wildman–Crippen MR) is 106 cm³/mol. The van der Waals surface area contributed by atoms with Gasteiger partial charge in [-0.25, -0.2) is 4.98 Å². The molecular formula is C19H21N5O3S. The molecule has 3 rings (SSSR count). The molecule has 1 amide bonds. The van der Waals surface area contributed by atoms with Crippen molar-refractivity contribution in [3.05, 3.63) is 47.0 Å². The van der Waals surface area contributed by atoms with Crippen LogP contribution < -0.4 is 5.32 Å². The molecule has 0 aliphatic rings. The standard InChI is InChI=1S/C19H21N5O3S/c1-11-17(12(2)24(4)23-11)22-18(26)13(3)27-16(25)8-15-10-28-19(21-15)14-6-5-7-20-9-14/h5-7,9-10,13H,8H2,1-4H3,(H,22,26)/t13-/m1/s1. The summed E-state index contributed by atoms with van der Waals surface area (Å²) >= 11 is 1.43. The molecule has 0 spiro atoms. The third kappa shape index (κ3) is 4.42. The van der Waals surface area contributed by atoms with E-state index in [4.69, 9.17) is 4.74 Å². The van der Waals surface area contributed by atoms with Crippen molar-refractivity contribution in [2.45, 2.75) is 33.3 Å². The number of aryl methyl sites for hydroxylation is 2. The highest BCUT2D eigenvalue weighted by Gasteiger charge is 2.21. The van der Waals surface area contributed by atoms with Crippen LogP contribution in [0.25, 0.3) is 10.6 Å². The van der Waals surface area contributed by atoms with Crippen LogP contribution in [0.2, 0.25) is 0 Å². The van der Waals surface area contributed by atoms with E-state index in [-0.39, 0.29) is 6.42 Å². The summed E-state index contributed by atoms with van der Waals surface area (Å²) in [6.07, 6.45) is 2.48. The quantitative estimate of drug-likeness (QED) is 0.640. The van der Waals surface area contributed by atoms with Gasteiger partial charge >= 0.3 is 5.97 Å². The molecule has 146 valence electrons. The summed E-state index contributed by atoms with van der Waals surface area (Å²) in [4.78, 5) is 33.0. The molecule has 0 aliphatic carbocycles. The SMILES string of the molecule is Cc1nn(C)c(C)c1NC(=O)[C@@H](C)OC(=O)Cc1csc(-c2cccnc2)n1. The summed E-state index contributed by atoms with van der Waals surface area (Å²) in [5, 5.41) is 9.61. The van der Waals surface area contributed by atoms with Crippen LogP contribution in [0.1, 0.15) is 24.0 Å². The Morgan fingerprint density at radius 3 is 2.79 bits per heavy atom. The van der Waals surface area contributed by atoms with E-state index in [0.29, 0.717) is 17.1 Å². The van der Waals surface area contributed by atoms with Gasteiger partial charge in [0.05, 0.1) is 29.2 Å². The van der Waals surface area contributed by atoms with Gasteiger partial charge in [0.1, 0.15) is 5.01 Å². The largest absolute Gasteiger partial charge is 0.452 e. The Balaban J connectivity index is 1.57. The summed E-state index contributed by atoms with van der Waals surface area (Å²) < 4.78 is 6.95. The minimum atomic E-state index is -0.928. The van der Waals surface area contributed by atoms with Crippen molar-refractivity contribution < 1.29 is 14.3 Å². The molecule has 0 aliphatic heterocycles. The number of aromatic nitrogens is 4. The highest BCUT2D eigenvalue weighted by atomic mass is 32.1. The van der Waals surface area contributed by atoms with E-state index in [9.17, 15) is 9.59 Å². The molecular weight excluding hydrogens is 378 g/mol. The number of esters is 1. The monoisotopic (exact) mass is 399 g/mol. The number of rotatable bonds is 6. The van der Waals surface area contributed by atoms with Crippen LogP contribution in [0.4, 0.5) is 5.69 Å². The molecule has 9 heteroatoms. The smallest absolute Gasteiger partial charge is 0.312 e. The average Bonchev–Trinajstić information content (AvgIpc) is 3.22. The van der Waals surface area contributed by atoms with E-state index in [1.54, 1.807) is 36.4 Å². The second kappa shape index (κ2) is 8.30. The van der Waals surface area contributed by atoms with Gasteiger partial charge in [0, 0.05) is 30.4 Å². The predicted octanol–water partition coefficient (Wildman–Crippen LogP) is 2.67. The lowest BCUT2D eigenvalue weighted by Gasteiger charge is -2.13. The number of nitrogens with one attached hydrogen (secondary N) is 1. The van der Waals surface area contributed by atoms with Gasteiger partial charge in [-0.3, -0.25) is 19.3 Å². The zero-order chi connectivity index (χ0) is 20.3. The van der Waals surface area contributed by atoms with Crippen molar-refractivity contribution >= 4 is 28.9 Å². The Labute approximate surface area is 166 Å². The number of thiazole rings is 1. The van der Waals surface area contributed by atoms with E-state index in [1.807, 2.05) is 19.1 Å². The number of pyridine rings is 1. The van der Waals surface area contributed by atoms with Gasteiger partial charge in [-0.15, -0.1) is 11.3 Å². The number of anilines is 1. The van der Waals surface area contributed by atoms with Gasteiger partial charge < -0.3 is 10.1 Å². The van der Waals surface area contributed by atoms with Crippen molar-refractivity contribution in [3.63, 3.8) is 0 Å². The number of nitrogens with zero attached hydrogens (tertiary/aromatic N) is 4. The highest BCUT2D eigenvalue weighted by molar-refractivity contribution is 7.13. The second-order valence-corrected chi connectivity index (χ2v) is 7.21. The van der Waals surface area contributed by atoms with E-state index in [1.165, 1.54) is 18.3 Å². The van der Waals surface area contributed by atoms with Crippen LogP contribution in [-0.4, -0.2) is 37.7 Å². The maximum absolute atomic E-state index is 12.4. The van der Waals surface area contributed by atoms with Crippen molar-refractivity contribution in [2.75, 3.05) is 5.32 Å². The lowest BCUT2D eigenvalue weighted by atomic mass is 10.2. The first-order valence-electron chi connectivity index (χ1n) is 8.70. The molecule has 0 saturated carbocycles. The summed E-state index contributed by atoms with van der Waals surface area (Å²) in [6, 6.07) is 3.74. The normalized spacial score (nSPS) is 11.9. The van der Waals surface area contributed by atoms with Gasteiger partial charge in [0.15, 0.2) is 6.10 Å². The summed E-state index contributed by atoms with van der Waals surface area (Å²) in [5.74, 6) is -0.910. The Hall–Kier alpha value is -3.07. The Morgan fingerprint density at radius 1 is 1.36 bits per heavy atom. The average molecular weight is 399 g/mol. The number of carbonyl (C=O) groups is 2. The molecule has 0 saturated heterocycles. The Kier molecular flexibility index (Phi) is 5.84. The number of hydrogen-bond donors (Lipinski definition) is 1. The first kappa shape index (κ1) is 19.7. The zero-order valence-electron chi connectivity index (χ0n) is 16.1. The fourth-order valence-corrected chi connectivity index (χ4v) is 3.44. The molecule has 3 heterocycles. The third-order valence-electron chi connectivity index (χ3n) is 4.22. The first-order chi connectivity index (χ1) is 13.3. The maximum atomic E-state index is 12.4. The summed E-state index contributed by atoms with van der Waals surface area (Å²) in [7, 11) is 1.80. The second-order valence-electron chi connectivity index (χ2n) is 6.35. The number of carbonyl (C=O) groups excluding carboxylic acids is 2. The van der Waals surface area contributed by atoms with E-state index >= 15 is 0 Å². The van der Waals surface area contributed by atoms with Crippen molar-refractivity contribution in [3.8, 4) is 10.6 Å². The van der Waals surface area contributed by atoms with Crippen LogP contribution in [0.5, 0.6) is 0 Å². The van der Waals surface area contributed by atoms with Crippen LogP contribution in [0, 0.1) is 13.8 Å². The lowest BCUT2D eigenvalue weighted by Crippen LogP contribution is -2.30. The molecule has 0 aromatic carbocycles. The van der Waals surface area contributed by atoms with Crippen LogP contribution in [-0.2, 0) is 27.8 Å². The van der Waals surface area contributed by atoms with E-state index < -0.39 is 18.0 Å². The fourth-order valence-electron chi connectivity index (χ4n) is 2.63. The molecule has 3 aromatic heterocycles. The van der Waals surface area contributed by atoms with Crippen LogP contribution in [0.3, 0.4) is 0 Å². The molecule has 3 aromatic rings.